The average molecular weight is 397 g/mol. The largest absolute Gasteiger partial charge is 0.340 e. The maximum atomic E-state index is 11.5. The van der Waals surface area contributed by atoms with Gasteiger partial charge in [-0.1, -0.05) is 30.3 Å². The van der Waals surface area contributed by atoms with Gasteiger partial charge < -0.3 is 9.80 Å². The average Bonchev–Trinajstić information content (AvgIpc) is 3.08. The molecule has 0 radical (unpaired) electrons. The van der Waals surface area contributed by atoms with Gasteiger partial charge in [0.2, 0.25) is 5.91 Å². The molecule has 0 bridgehead atoms. The van der Waals surface area contributed by atoms with Crippen molar-refractivity contribution in [2.45, 2.75) is 51.5 Å². The third kappa shape index (κ3) is 6.17. The first-order valence-corrected chi connectivity index (χ1v) is 10.9. The molecule has 1 aliphatic rings. The molecule has 1 fully saturated rings. The highest BCUT2D eigenvalue weighted by atomic mass is 16.2. The van der Waals surface area contributed by atoms with Crippen molar-refractivity contribution in [1.82, 2.24) is 19.6 Å². The molecule has 0 aliphatic heterocycles. The lowest BCUT2D eigenvalue weighted by atomic mass is 9.80. The Labute approximate surface area is 175 Å². The maximum absolute atomic E-state index is 11.5. The van der Waals surface area contributed by atoms with Crippen LogP contribution in [-0.4, -0.2) is 52.7 Å². The molecular formula is C24H36N4O. The van der Waals surface area contributed by atoms with E-state index >= 15 is 0 Å². The Bertz CT molecular complexity index is 777. The van der Waals surface area contributed by atoms with E-state index in [0.717, 1.165) is 24.6 Å². The first-order valence-electron chi connectivity index (χ1n) is 10.9. The zero-order chi connectivity index (χ0) is 20.8. The molecular weight excluding hydrogens is 360 g/mol. The number of amides is 1. The summed E-state index contributed by atoms with van der Waals surface area (Å²) >= 11 is 0. The van der Waals surface area contributed by atoms with Crippen molar-refractivity contribution < 1.29 is 4.79 Å². The number of nitrogens with zero attached hydrogens (tertiary/aromatic N) is 4. The summed E-state index contributed by atoms with van der Waals surface area (Å²) in [5.74, 6) is 1.44. The monoisotopic (exact) mass is 396 g/mol. The smallest absolute Gasteiger partial charge is 0.219 e. The van der Waals surface area contributed by atoms with Crippen molar-refractivity contribution in [2.75, 3.05) is 27.2 Å². The van der Waals surface area contributed by atoms with Crippen LogP contribution in [0, 0.1) is 5.92 Å². The maximum Gasteiger partial charge on any atom is 0.219 e. The number of carbonyl (C=O) groups is 1. The molecule has 158 valence electrons. The van der Waals surface area contributed by atoms with Crippen LogP contribution in [0.3, 0.4) is 0 Å². The van der Waals surface area contributed by atoms with Gasteiger partial charge >= 0.3 is 0 Å². The molecule has 5 heteroatoms. The second-order valence-corrected chi connectivity index (χ2v) is 8.77. The van der Waals surface area contributed by atoms with Crippen LogP contribution in [0.25, 0.3) is 0 Å². The van der Waals surface area contributed by atoms with Gasteiger partial charge in [-0.05, 0) is 56.7 Å². The molecule has 29 heavy (non-hydrogen) atoms. The van der Waals surface area contributed by atoms with Crippen LogP contribution >= 0.6 is 0 Å². The van der Waals surface area contributed by atoms with Crippen molar-refractivity contribution in [3.8, 4) is 0 Å². The zero-order valence-electron chi connectivity index (χ0n) is 18.5. The molecule has 1 saturated carbocycles. The van der Waals surface area contributed by atoms with Gasteiger partial charge in [-0.25, -0.2) is 0 Å². The molecule has 1 aromatic heterocycles. The lowest BCUT2D eigenvalue weighted by molar-refractivity contribution is -0.128. The highest BCUT2D eigenvalue weighted by Crippen LogP contribution is 2.35. The topological polar surface area (TPSA) is 41.4 Å². The summed E-state index contributed by atoms with van der Waals surface area (Å²) in [5.41, 5.74) is 3.74. The summed E-state index contributed by atoms with van der Waals surface area (Å²) in [6.07, 6.45) is 6.11. The van der Waals surface area contributed by atoms with E-state index in [0.29, 0.717) is 12.5 Å². The van der Waals surface area contributed by atoms with E-state index in [1.54, 1.807) is 11.8 Å². The van der Waals surface area contributed by atoms with Gasteiger partial charge in [-0.3, -0.25) is 9.48 Å². The van der Waals surface area contributed by atoms with Gasteiger partial charge in [0.05, 0.1) is 17.9 Å². The minimum Gasteiger partial charge on any atom is -0.340 e. The van der Waals surface area contributed by atoms with E-state index in [9.17, 15) is 4.79 Å². The molecule has 5 nitrogen and oxygen atoms in total. The molecule has 1 aliphatic carbocycles. The van der Waals surface area contributed by atoms with Crippen LogP contribution in [0.5, 0.6) is 0 Å². The zero-order valence-corrected chi connectivity index (χ0v) is 18.5. The molecule has 0 atom stereocenters. The van der Waals surface area contributed by atoms with Crippen molar-refractivity contribution in [3.05, 3.63) is 53.3 Å². The van der Waals surface area contributed by atoms with Crippen LogP contribution in [-0.2, 0) is 24.8 Å². The van der Waals surface area contributed by atoms with Crippen LogP contribution in [0.1, 0.15) is 55.5 Å². The Kier molecular flexibility index (Phi) is 7.48. The van der Waals surface area contributed by atoms with Crippen LogP contribution in [0.15, 0.2) is 36.4 Å². The molecule has 1 amide bonds. The summed E-state index contributed by atoms with van der Waals surface area (Å²) in [4.78, 5) is 15.7. The Morgan fingerprint density at radius 3 is 2.48 bits per heavy atom. The number of aromatic nitrogens is 2. The summed E-state index contributed by atoms with van der Waals surface area (Å²) in [6, 6.07) is 13.0. The third-order valence-corrected chi connectivity index (χ3v) is 6.39. The summed E-state index contributed by atoms with van der Waals surface area (Å²) in [7, 11) is 6.08. The summed E-state index contributed by atoms with van der Waals surface area (Å²) in [6.45, 7) is 4.55. The molecule has 1 aromatic carbocycles. The highest BCUT2D eigenvalue weighted by molar-refractivity contribution is 5.72. The van der Waals surface area contributed by atoms with Gasteiger partial charge in [-0.15, -0.1) is 0 Å². The lowest BCUT2D eigenvalue weighted by Gasteiger charge is -2.30. The van der Waals surface area contributed by atoms with Crippen LogP contribution in [0.4, 0.5) is 0 Å². The first-order chi connectivity index (χ1) is 13.9. The van der Waals surface area contributed by atoms with E-state index < -0.39 is 0 Å². The van der Waals surface area contributed by atoms with E-state index in [1.165, 1.54) is 43.5 Å². The fraction of sp³-hybridized carbons (Fsp3) is 0.583. The van der Waals surface area contributed by atoms with Crippen LogP contribution < -0.4 is 0 Å². The summed E-state index contributed by atoms with van der Waals surface area (Å²) < 4.78 is 1.94. The molecule has 3 rings (SSSR count). The van der Waals surface area contributed by atoms with Crippen molar-refractivity contribution in [2.24, 2.45) is 13.0 Å². The number of likely N-dealkylation sites (N-methyl/N-ethyl adjacent to an activating group) is 1. The van der Waals surface area contributed by atoms with Gasteiger partial charge in [0.25, 0.3) is 0 Å². The number of aryl methyl sites for hydroxylation is 1. The molecule has 1 heterocycles. The predicted molar refractivity (Wildman–Crippen MR) is 118 cm³/mol. The molecule has 2 aromatic rings. The highest BCUT2D eigenvalue weighted by Gasteiger charge is 2.25. The number of hydrogen-bond acceptors (Lipinski definition) is 3. The van der Waals surface area contributed by atoms with E-state index in [-0.39, 0.29) is 5.91 Å². The fourth-order valence-electron chi connectivity index (χ4n) is 4.37. The number of rotatable bonds is 8. The predicted octanol–water partition coefficient (Wildman–Crippen LogP) is 3.85. The SMILES string of the molecule is CC(=O)N(C)Cc1cc(C2CCC(CN(C)CCc3ccccc3)CC2)nn1C. The standard InChI is InChI=1S/C24H36N4O/c1-19(29)27(3)18-23-16-24(25-28(23)4)22-12-10-21(11-13-22)17-26(2)15-14-20-8-6-5-7-9-20/h5-9,16,21-22H,10-15,17-18H2,1-4H3. The van der Waals surface area contributed by atoms with Crippen molar-refractivity contribution >= 4 is 5.91 Å². The Hall–Kier alpha value is -2.14. The molecule has 0 unspecified atom stereocenters. The molecule has 0 spiro atoms. The van der Waals surface area contributed by atoms with Gasteiger partial charge in [0.1, 0.15) is 0 Å². The lowest BCUT2D eigenvalue weighted by Crippen LogP contribution is -2.30. The normalized spacial score (nSPS) is 19.5. The minimum absolute atomic E-state index is 0.0876. The Morgan fingerprint density at radius 2 is 1.83 bits per heavy atom. The summed E-state index contributed by atoms with van der Waals surface area (Å²) in [5, 5.41) is 4.76. The second-order valence-electron chi connectivity index (χ2n) is 8.77. The number of carbonyl (C=O) groups excluding carboxylic acids is 1. The molecule has 0 N–H and O–H groups in total. The Balaban J connectivity index is 1.45. The third-order valence-electron chi connectivity index (χ3n) is 6.39. The number of hydrogen-bond donors (Lipinski definition) is 0. The van der Waals surface area contributed by atoms with Gasteiger partial charge in [0, 0.05) is 40.0 Å². The van der Waals surface area contributed by atoms with Gasteiger partial charge in [0.15, 0.2) is 0 Å². The number of benzene rings is 1. The van der Waals surface area contributed by atoms with Crippen LogP contribution in [0.2, 0.25) is 0 Å². The second kappa shape index (κ2) is 10.1. The van der Waals surface area contributed by atoms with E-state index in [2.05, 4.69) is 48.3 Å². The fourth-order valence-corrected chi connectivity index (χ4v) is 4.37. The van der Waals surface area contributed by atoms with E-state index in [4.69, 9.17) is 5.10 Å². The quantitative estimate of drug-likeness (QED) is 0.681. The van der Waals surface area contributed by atoms with Crippen molar-refractivity contribution in [3.63, 3.8) is 0 Å². The minimum atomic E-state index is 0.0876. The Morgan fingerprint density at radius 1 is 1.14 bits per heavy atom. The van der Waals surface area contributed by atoms with E-state index in [1.807, 2.05) is 18.8 Å². The molecule has 0 saturated heterocycles. The van der Waals surface area contributed by atoms with Gasteiger partial charge in [-0.2, -0.15) is 5.10 Å². The first kappa shape index (κ1) is 21.6. The van der Waals surface area contributed by atoms with Crippen molar-refractivity contribution in [1.29, 1.82) is 0 Å².